The Morgan fingerprint density at radius 3 is 2.49 bits per heavy atom. The molecule has 0 saturated carbocycles. The summed E-state index contributed by atoms with van der Waals surface area (Å²) in [5.74, 6) is -1.25. The van der Waals surface area contributed by atoms with Gasteiger partial charge in [-0.1, -0.05) is 12.1 Å². The summed E-state index contributed by atoms with van der Waals surface area (Å²) in [5, 5.41) is 26.6. The summed E-state index contributed by atoms with van der Waals surface area (Å²) in [7, 11) is 0. The number of hydrogen-bond donors (Lipinski definition) is 4. The molecule has 4 N–H and O–H groups in total. The van der Waals surface area contributed by atoms with E-state index in [2.05, 4.69) is 20.6 Å². The summed E-state index contributed by atoms with van der Waals surface area (Å²) in [5.41, 5.74) is 0.904. The van der Waals surface area contributed by atoms with E-state index in [0.29, 0.717) is 42.7 Å². The summed E-state index contributed by atoms with van der Waals surface area (Å²) < 4.78 is 13.1. The molecule has 0 saturated heterocycles. The van der Waals surface area contributed by atoms with Crippen LogP contribution < -0.4 is 10.6 Å². The highest BCUT2D eigenvalue weighted by molar-refractivity contribution is 6.01. The van der Waals surface area contributed by atoms with Gasteiger partial charge < -0.3 is 25.7 Å². The molecule has 2 amide bonds. The third-order valence-electron chi connectivity index (χ3n) is 5.49. The van der Waals surface area contributed by atoms with Crippen LogP contribution in [-0.4, -0.2) is 62.3 Å². The quantitative estimate of drug-likeness (QED) is 0.344. The standard InChI is InChI=1S/C25H30FN5O4/c1-25(2,3)31(24(34)35)14-13-27-12-10-19-18-5-4-11-28-20(18)22(32)21(30-19)23(33)29-15-16-6-8-17(26)9-7-16/h4-9,11,27,32H,10,12-15H2,1-3H3,(H,29,33)(H,34,35). The second-order valence-electron chi connectivity index (χ2n) is 9.07. The molecular formula is C25H30FN5O4. The first kappa shape index (κ1) is 25.8. The Balaban J connectivity index is 1.70. The van der Waals surface area contributed by atoms with Crippen molar-refractivity contribution in [1.29, 1.82) is 0 Å². The van der Waals surface area contributed by atoms with Crippen molar-refractivity contribution >= 4 is 22.9 Å². The molecule has 0 fully saturated rings. The molecule has 0 bridgehead atoms. The topological polar surface area (TPSA) is 128 Å². The van der Waals surface area contributed by atoms with Gasteiger partial charge in [0.05, 0.1) is 5.69 Å². The van der Waals surface area contributed by atoms with E-state index in [0.717, 1.165) is 0 Å². The van der Waals surface area contributed by atoms with Crippen LogP contribution >= 0.6 is 0 Å². The number of benzene rings is 1. The number of rotatable bonds is 9. The van der Waals surface area contributed by atoms with Crippen LogP contribution in [0, 0.1) is 5.82 Å². The fourth-order valence-electron chi connectivity index (χ4n) is 3.64. The molecule has 0 aliphatic rings. The molecule has 0 radical (unpaired) electrons. The molecule has 0 atom stereocenters. The summed E-state index contributed by atoms with van der Waals surface area (Å²) in [4.78, 5) is 34.3. The molecule has 10 heteroatoms. The van der Waals surface area contributed by atoms with E-state index in [9.17, 15) is 24.2 Å². The lowest BCUT2D eigenvalue weighted by Gasteiger charge is -2.33. The van der Waals surface area contributed by atoms with E-state index in [1.54, 1.807) is 24.3 Å². The largest absolute Gasteiger partial charge is 0.504 e. The summed E-state index contributed by atoms with van der Waals surface area (Å²) in [6, 6.07) is 9.23. The molecule has 0 unspecified atom stereocenters. The Labute approximate surface area is 203 Å². The van der Waals surface area contributed by atoms with E-state index >= 15 is 0 Å². The van der Waals surface area contributed by atoms with Gasteiger partial charge in [0.1, 0.15) is 11.3 Å². The number of carboxylic acid groups (broad SMARTS) is 1. The highest BCUT2D eigenvalue weighted by atomic mass is 19.1. The Bertz CT molecular complexity index is 1190. The number of aromatic hydroxyl groups is 1. The van der Waals surface area contributed by atoms with Crippen LogP contribution in [-0.2, 0) is 13.0 Å². The van der Waals surface area contributed by atoms with E-state index < -0.39 is 17.5 Å². The maximum Gasteiger partial charge on any atom is 0.407 e. The SMILES string of the molecule is CC(C)(C)N(CCNCCc1nc(C(=O)NCc2ccc(F)cc2)c(O)c2ncccc12)C(=O)O. The van der Waals surface area contributed by atoms with Gasteiger partial charge in [-0.3, -0.25) is 9.78 Å². The van der Waals surface area contributed by atoms with Crippen LogP contribution in [0.1, 0.15) is 42.5 Å². The molecule has 1 aromatic carbocycles. The number of amides is 2. The van der Waals surface area contributed by atoms with Gasteiger partial charge in [-0.05, 0) is 50.6 Å². The number of nitrogens with zero attached hydrogens (tertiary/aromatic N) is 3. The second kappa shape index (κ2) is 11.1. The molecule has 9 nitrogen and oxygen atoms in total. The predicted molar refractivity (Wildman–Crippen MR) is 130 cm³/mol. The van der Waals surface area contributed by atoms with Crippen LogP contribution in [0.15, 0.2) is 42.6 Å². The van der Waals surface area contributed by atoms with Gasteiger partial charge in [0.15, 0.2) is 11.4 Å². The average molecular weight is 484 g/mol. The number of carbonyl (C=O) groups excluding carboxylic acids is 1. The third-order valence-corrected chi connectivity index (χ3v) is 5.49. The van der Waals surface area contributed by atoms with Gasteiger partial charge in [0.25, 0.3) is 5.91 Å². The van der Waals surface area contributed by atoms with E-state index in [1.807, 2.05) is 20.8 Å². The van der Waals surface area contributed by atoms with Crippen molar-refractivity contribution in [3.63, 3.8) is 0 Å². The average Bonchev–Trinajstić information content (AvgIpc) is 2.81. The zero-order valence-corrected chi connectivity index (χ0v) is 20.0. The van der Waals surface area contributed by atoms with Crippen molar-refractivity contribution in [3.8, 4) is 5.75 Å². The fourth-order valence-corrected chi connectivity index (χ4v) is 3.64. The lowest BCUT2D eigenvalue weighted by molar-refractivity contribution is 0.0941. The van der Waals surface area contributed by atoms with Crippen LogP contribution in [0.3, 0.4) is 0 Å². The van der Waals surface area contributed by atoms with Crippen molar-refractivity contribution < 1.29 is 24.2 Å². The predicted octanol–water partition coefficient (Wildman–Crippen LogP) is 3.32. The van der Waals surface area contributed by atoms with Gasteiger partial charge in [-0.15, -0.1) is 0 Å². The van der Waals surface area contributed by atoms with Crippen molar-refractivity contribution in [1.82, 2.24) is 25.5 Å². The van der Waals surface area contributed by atoms with E-state index in [-0.39, 0.29) is 29.3 Å². The second-order valence-corrected chi connectivity index (χ2v) is 9.07. The first-order valence-electron chi connectivity index (χ1n) is 11.3. The van der Waals surface area contributed by atoms with Gasteiger partial charge in [-0.2, -0.15) is 0 Å². The van der Waals surface area contributed by atoms with E-state index in [4.69, 9.17) is 0 Å². The minimum absolute atomic E-state index is 0.141. The van der Waals surface area contributed by atoms with Crippen LogP contribution in [0.2, 0.25) is 0 Å². The summed E-state index contributed by atoms with van der Waals surface area (Å²) >= 11 is 0. The Morgan fingerprint density at radius 1 is 1.11 bits per heavy atom. The lowest BCUT2D eigenvalue weighted by atomic mass is 10.1. The van der Waals surface area contributed by atoms with Crippen molar-refractivity contribution in [2.75, 3.05) is 19.6 Å². The maximum atomic E-state index is 13.1. The monoisotopic (exact) mass is 483 g/mol. The van der Waals surface area contributed by atoms with Gasteiger partial charge in [0.2, 0.25) is 0 Å². The highest BCUT2D eigenvalue weighted by Gasteiger charge is 2.25. The third kappa shape index (κ3) is 6.63. The number of hydrogen-bond acceptors (Lipinski definition) is 6. The molecular weight excluding hydrogens is 453 g/mol. The first-order valence-corrected chi connectivity index (χ1v) is 11.3. The van der Waals surface area contributed by atoms with Crippen LogP contribution in [0.4, 0.5) is 9.18 Å². The maximum absolute atomic E-state index is 13.1. The zero-order chi connectivity index (χ0) is 25.6. The molecule has 0 aliphatic heterocycles. The molecule has 0 spiro atoms. The minimum Gasteiger partial charge on any atom is -0.504 e. The van der Waals surface area contributed by atoms with Crippen molar-refractivity contribution in [2.45, 2.75) is 39.3 Å². The lowest BCUT2D eigenvalue weighted by Crippen LogP contribution is -2.48. The molecule has 3 rings (SSSR count). The smallest absolute Gasteiger partial charge is 0.407 e. The molecule has 186 valence electrons. The summed E-state index contributed by atoms with van der Waals surface area (Å²) in [6.45, 7) is 6.90. The Morgan fingerprint density at radius 2 is 1.83 bits per heavy atom. The fraction of sp³-hybridized carbons (Fsp3) is 0.360. The molecule has 2 heterocycles. The van der Waals surface area contributed by atoms with Crippen LogP contribution in [0.5, 0.6) is 5.75 Å². The van der Waals surface area contributed by atoms with Gasteiger partial charge in [0, 0.05) is 49.7 Å². The highest BCUT2D eigenvalue weighted by Crippen LogP contribution is 2.28. The van der Waals surface area contributed by atoms with Crippen molar-refractivity contribution in [2.24, 2.45) is 0 Å². The number of halogens is 1. The van der Waals surface area contributed by atoms with Crippen LogP contribution in [0.25, 0.3) is 10.9 Å². The number of aromatic nitrogens is 2. The molecule has 0 aliphatic carbocycles. The van der Waals surface area contributed by atoms with Gasteiger partial charge >= 0.3 is 6.09 Å². The molecule has 35 heavy (non-hydrogen) atoms. The van der Waals surface area contributed by atoms with Crippen molar-refractivity contribution in [3.05, 3.63) is 65.4 Å². The molecule has 3 aromatic rings. The summed E-state index contributed by atoms with van der Waals surface area (Å²) in [6.07, 6.45) is 0.980. The Kier molecular flexibility index (Phi) is 8.18. The number of carbonyl (C=O) groups is 2. The Hall–Kier alpha value is -3.79. The first-order chi connectivity index (χ1) is 16.6. The normalized spacial score (nSPS) is 11.4. The number of nitrogens with one attached hydrogen (secondary N) is 2. The van der Waals surface area contributed by atoms with E-state index in [1.165, 1.54) is 23.2 Å². The number of pyridine rings is 2. The minimum atomic E-state index is -0.979. The molecule has 2 aromatic heterocycles. The van der Waals surface area contributed by atoms with Gasteiger partial charge in [-0.25, -0.2) is 14.2 Å². The zero-order valence-electron chi connectivity index (χ0n) is 20.0. The number of fused-ring (bicyclic) bond motifs is 1.